The fourth-order valence-corrected chi connectivity index (χ4v) is 4.12. The summed E-state index contributed by atoms with van der Waals surface area (Å²) >= 11 is 0. The smallest absolute Gasteiger partial charge is 0.225 e. The van der Waals surface area contributed by atoms with E-state index in [1.807, 2.05) is 18.9 Å². The molecule has 1 aromatic rings. The van der Waals surface area contributed by atoms with Crippen LogP contribution in [0.5, 0.6) is 0 Å². The molecular weight excluding hydrogens is 336 g/mol. The summed E-state index contributed by atoms with van der Waals surface area (Å²) < 4.78 is 0. The van der Waals surface area contributed by atoms with Crippen molar-refractivity contribution in [3.05, 3.63) is 34.4 Å². The minimum absolute atomic E-state index is 0.000937. The molecule has 4 heteroatoms. The highest BCUT2D eigenvalue weighted by atomic mass is 16.2. The standard InChI is InChI=1S/C23H36N2O2/c1-15-7-9-20(10-8-15)23(27)25(6)19(5)14-24-22(26)13-21-17(3)11-16(2)12-18(21)4/h11-12,15,19-20H,7-10,13-14H2,1-6H3,(H,24,26). The second kappa shape index (κ2) is 9.38. The molecule has 2 amide bonds. The third-order valence-corrected chi connectivity index (χ3v) is 6.15. The zero-order valence-corrected chi connectivity index (χ0v) is 17.9. The minimum atomic E-state index is 0.000937. The van der Waals surface area contributed by atoms with Gasteiger partial charge in [0.15, 0.2) is 0 Å². The van der Waals surface area contributed by atoms with Crippen molar-refractivity contribution >= 4 is 11.8 Å². The number of amides is 2. The Kier molecular flexibility index (Phi) is 7.46. The third kappa shape index (κ3) is 5.82. The summed E-state index contributed by atoms with van der Waals surface area (Å²) in [6.07, 6.45) is 4.67. The van der Waals surface area contributed by atoms with Crippen LogP contribution < -0.4 is 5.32 Å². The van der Waals surface area contributed by atoms with Crippen LogP contribution in [0.1, 0.15) is 61.8 Å². The first kappa shape index (κ1) is 21.5. The van der Waals surface area contributed by atoms with Gasteiger partial charge in [0.25, 0.3) is 0 Å². The highest BCUT2D eigenvalue weighted by molar-refractivity contribution is 5.80. The number of carbonyl (C=O) groups is 2. The lowest BCUT2D eigenvalue weighted by molar-refractivity contribution is -0.137. The topological polar surface area (TPSA) is 49.4 Å². The van der Waals surface area contributed by atoms with E-state index < -0.39 is 0 Å². The Balaban J connectivity index is 1.84. The molecular formula is C23H36N2O2. The van der Waals surface area contributed by atoms with Gasteiger partial charge in [-0.25, -0.2) is 0 Å². The number of benzene rings is 1. The second-order valence-electron chi connectivity index (χ2n) is 8.61. The zero-order chi connectivity index (χ0) is 20.1. The molecule has 0 bridgehead atoms. The molecule has 0 saturated heterocycles. The molecule has 1 aromatic carbocycles. The molecule has 1 atom stereocenters. The van der Waals surface area contributed by atoms with E-state index in [1.54, 1.807) is 0 Å². The van der Waals surface area contributed by atoms with Crippen molar-refractivity contribution in [2.75, 3.05) is 13.6 Å². The van der Waals surface area contributed by atoms with Gasteiger partial charge in [-0.3, -0.25) is 9.59 Å². The number of hydrogen-bond donors (Lipinski definition) is 1. The Labute approximate surface area is 164 Å². The SMILES string of the molecule is Cc1cc(C)c(CC(=O)NCC(C)N(C)C(=O)C2CCC(C)CC2)c(C)c1. The first-order valence-corrected chi connectivity index (χ1v) is 10.3. The summed E-state index contributed by atoms with van der Waals surface area (Å²) in [6, 6.07) is 4.24. The zero-order valence-electron chi connectivity index (χ0n) is 17.9. The first-order valence-electron chi connectivity index (χ1n) is 10.3. The third-order valence-electron chi connectivity index (χ3n) is 6.15. The molecule has 1 unspecified atom stereocenters. The maximum Gasteiger partial charge on any atom is 0.225 e. The van der Waals surface area contributed by atoms with Crippen molar-refractivity contribution in [2.45, 2.75) is 72.8 Å². The van der Waals surface area contributed by atoms with Gasteiger partial charge in [0.1, 0.15) is 0 Å². The van der Waals surface area contributed by atoms with Gasteiger partial charge >= 0.3 is 0 Å². The number of carbonyl (C=O) groups excluding carboxylic acids is 2. The molecule has 27 heavy (non-hydrogen) atoms. The van der Waals surface area contributed by atoms with Gasteiger partial charge in [0.05, 0.1) is 6.42 Å². The Morgan fingerprint density at radius 3 is 2.22 bits per heavy atom. The number of rotatable bonds is 6. The lowest BCUT2D eigenvalue weighted by atomic mass is 9.82. The summed E-state index contributed by atoms with van der Waals surface area (Å²) in [5.74, 6) is 1.14. The fraction of sp³-hybridized carbons (Fsp3) is 0.652. The Morgan fingerprint density at radius 1 is 1.11 bits per heavy atom. The molecule has 4 nitrogen and oxygen atoms in total. The first-order chi connectivity index (χ1) is 12.7. The highest BCUT2D eigenvalue weighted by Crippen LogP contribution is 2.29. The van der Waals surface area contributed by atoms with E-state index in [0.29, 0.717) is 13.0 Å². The maximum atomic E-state index is 12.7. The van der Waals surface area contributed by atoms with Crippen molar-refractivity contribution in [3.63, 3.8) is 0 Å². The molecule has 0 heterocycles. The molecule has 1 saturated carbocycles. The van der Waals surface area contributed by atoms with Gasteiger partial charge in [-0.15, -0.1) is 0 Å². The van der Waals surface area contributed by atoms with Crippen molar-refractivity contribution < 1.29 is 9.59 Å². The fourth-order valence-electron chi connectivity index (χ4n) is 4.12. The van der Waals surface area contributed by atoms with Crippen LogP contribution in [0.25, 0.3) is 0 Å². The van der Waals surface area contributed by atoms with Crippen molar-refractivity contribution in [3.8, 4) is 0 Å². The minimum Gasteiger partial charge on any atom is -0.354 e. The lowest BCUT2D eigenvalue weighted by Crippen LogP contribution is -2.46. The molecule has 1 aliphatic rings. The van der Waals surface area contributed by atoms with E-state index in [0.717, 1.165) is 48.3 Å². The quantitative estimate of drug-likeness (QED) is 0.822. The maximum absolute atomic E-state index is 12.7. The molecule has 0 aromatic heterocycles. The van der Waals surface area contributed by atoms with E-state index in [1.165, 1.54) is 5.56 Å². The predicted molar refractivity (Wildman–Crippen MR) is 111 cm³/mol. The molecule has 1 N–H and O–H groups in total. The monoisotopic (exact) mass is 372 g/mol. The largest absolute Gasteiger partial charge is 0.354 e. The van der Waals surface area contributed by atoms with E-state index in [-0.39, 0.29) is 23.8 Å². The van der Waals surface area contributed by atoms with Gasteiger partial charge < -0.3 is 10.2 Å². The van der Waals surface area contributed by atoms with Crippen molar-refractivity contribution in [1.82, 2.24) is 10.2 Å². The van der Waals surface area contributed by atoms with E-state index in [9.17, 15) is 9.59 Å². The number of nitrogens with one attached hydrogen (secondary N) is 1. The molecule has 150 valence electrons. The van der Waals surface area contributed by atoms with Crippen LogP contribution in [-0.2, 0) is 16.0 Å². The second-order valence-corrected chi connectivity index (χ2v) is 8.61. The molecule has 1 fully saturated rings. The molecule has 0 radical (unpaired) electrons. The van der Waals surface area contributed by atoms with Gasteiger partial charge in [-0.05, 0) is 76.0 Å². The average molecular weight is 373 g/mol. The van der Waals surface area contributed by atoms with Gasteiger partial charge in [-0.2, -0.15) is 0 Å². The van der Waals surface area contributed by atoms with E-state index in [2.05, 4.69) is 45.1 Å². The van der Waals surface area contributed by atoms with Crippen LogP contribution in [0.15, 0.2) is 12.1 Å². The number of hydrogen-bond acceptors (Lipinski definition) is 2. The Hall–Kier alpha value is -1.84. The van der Waals surface area contributed by atoms with E-state index in [4.69, 9.17) is 0 Å². The van der Waals surface area contributed by atoms with Crippen LogP contribution in [0, 0.1) is 32.6 Å². The Morgan fingerprint density at radius 2 is 1.67 bits per heavy atom. The molecule has 0 spiro atoms. The van der Waals surface area contributed by atoms with Crippen LogP contribution in [0.2, 0.25) is 0 Å². The van der Waals surface area contributed by atoms with Crippen LogP contribution >= 0.6 is 0 Å². The summed E-state index contributed by atoms with van der Waals surface area (Å²) in [4.78, 5) is 27.0. The molecule has 1 aliphatic carbocycles. The van der Waals surface area contributed by atoms with E-state index >= 15 is 0 Å². The van der Waals surface area contributed by atoms with Crippen LogP contribution in [-0.4, -0.2) is 36.3 Å². The predicted octanol–water partition coefficient (Wildman–Crippen LogP) is 3.94. The van der Waals surface area contributed by atoms with Crippen LogP contribution in [0.3, 0.4) is 0 Å². The van der Waals surface area contributed by atoms with Gasteiger partial charge in [0.2, 0.25) is 11.8 Å². The van der Waals surface area contributed by atoms with Crippen molar-refractivity contribution in [2.24, 2.45) is 11.8 Å². The molecule has 2 rings (SSSR count). The summed E-state index contributed by atoms with van der Waals surface area (Å²) in [5, 5.41) is 3.01. The summed E-state index contributed by atoms with van der Waals surface area (Å²) in [5.41, 5.74) is 4.65. The van der Waals surface area contributed by atoms with Crippen molar-refractivity contribution in [1.29, 1.82) is 0 Å². The summed E-state index contributed by atoms with van der Waals surface area (Å²) in [6.45, 7) is 11.0. The Bertz CT molecular complexity index is 652. The summed E-state index contributed by atoms with van der Waals surface area (Å²) in [7, 11) is 1.87. The molecule has 0 aliphatic heterocycles. The van der Waals surface area contributed by atoms with Gasteiger partial charge in [0, 0.05) is 25.6 Å². The highest BCUT2D eigenvalue weighted by Gasteiger charge is 2.28. The number of aryl methyl sites for hydroxylation is 3. The number of likely N-dealkylation sites (N-methyl/N-ethyl adjacent to an activating group) is 1. The van der Waals surface area contributed by atoms with Gasteiger partial charge in [-0.1, -0.05) is 24.6 Å². The average Bonchev–Trinajstić information content (AvgIpc) is 2.62. The van der Waals surface area contributed by atoms with Crippen LogP contribution in [0.4, 0.5) is 0 Å². The normalized spacial score (nSPS) is 20.8. The number of nitrogens with zero attached hydrogens (tertiary/aromatic N) is 1. The lowest BCUT2D eigenvalue weighted by Gasteiger charge is -2.32.